The van der Waals surface area contributed by atoms with Crippen molar-refractivity contribution in [2.75, 3.05) is 17.7 Å². The van der Waals surface area contributed by atoms with Crippen molar-refractivity contribution in [1.82, 2.24) is 10.3 Å². The molecule has 184 valence electrons. The first-order valence-corrected chi connectivity index (χ1v) is 11.3. The zero-order valence-electron chi connectivity index (χ0n) is 18.6. The standard InChI is InChI=1S/C25H18BrF3N4O3/c1-30-23(34)21-13-22(17-4-2-3-5-20(17)33-21)36-16-9-6-14(7-10-16)31-24(35)32-15-8-11-19(26)18(12-15)25(27,28)29/h2-13H,1H3,(H,30,34)(H2,31,32,35). The highest BCUT2D eigenvalue weighted by Gasteiger charge is 2.33. The molecule has 0 bridgehead atoms. The number of ether oxygens (including phenoxy) is 1. The average molecular weight is 559 g/mol. The highest BCUT2D eigenvalue weighted by atomic mass is 79.9. The van der Waals surface area contributed by atoms with Gasteiger partial charge in [-0.05, 0) is 54.6 Å². The van der Waals surface area contributed by atoms with Gasteiger partial charge in [-0.1, -0.05) is 28.1 Å². The smallest absolute Gasteiger partial charge is 0.417 e. The van der Waals surface area contributed by atoms with Crippen LogP contribution in [0.5, 0.6) is 11.5 Å². The number of carbonyl (C=O) groups is 2. The minimum atomic E-state index is -4.57. The summed E-state index contributed by atoms with van der Waals surface area (Å²) in [5.74, 6) is 0.501. The van der Waals surface area contributed by atoms with E-state index in [4.69, 9.17) is 4.74 Å². The van der Waals surface area contributed by atoms with Crippen molar-refractivity contribution in [2.45, 2.75) is 6.18 Å². The number of halogens is 4. The topological polar surface area (TPSA) is 92.4 Å². The van der Waals surface area contributed by atoms with E-state index in [0.717, 1.165) is 6.07 Å². The molecule has 0 radical (unpaired) electrons. The number of benzene rings is 3. The predicted octanol–water partition coefficient (Wildman–Crippen LogP) is 6.81. The van der Waals surface area contributed by atoms with Gasteiger partial charge in [0.2, 0.25) is 0 Å². The van der Waals surface area contributed by atoms with Crippen molar-refractivity contribution in [2.24, 2.45) is 0 Å². The lowest BCUT2D eigenvalue weighted by molar-refractivity contribution is -0.138. The lowest BCUT2D eigenvalue weighted by Crippen LogP contribution is -2.20. The molecule has 4 aromatic rings. The number of anilines is 2. The monoisotopic (exact) mass is 558 g/mol. The minimum absolute atomic E-state index is 0.0144. The summed E-state index contributed by atoms with van der Waals surface area (Å²) in [6.45, 7) is 0. The number of urea groups is 1. The second-order valence-corrected chi connectivity index (χ2v) is 8.35. The summed E-state index contributed by atoms with van der Waals surface area (Å²) in [5.41, 5.74) is 0.260. The fraction of sp³-hybridized carbons (Fsp3) is 0.0800. The molecule has 1 aromatic heterocycles. The number of hydrogen-bond donors (Lipinski definition) is 3. The number of para-hydroxylation sites is 1. The molecular weight excluding hydrogens is 541 g/mol. The van der Waals surface area contributed by atoms with Gasteiger partial charge in [0.05, 0.1) is 11.1 Å². The van der Waals surface area contributed by atoms with Crippen LogP contribution < -0.4 is 20.7 Å². The number of hydrogen-bond acceptors (Lipinski definition) is 4. The zero-order chi connectivity index (χ0) is 25.9. The van der Waals surface area contributed by atoms with Crippen LogP contribution in [0.4, 0.5) is 29.3 Å². The first kappa shape index (κ1) is 25.0. The van der Waals surface area contributed by atoms with E-state index in [0.29, 0.717) is 28.1 Å². The number of amides is 3. The normalized spacial score (nSPS) is 11.1. The van der Waals surface area contributed by atoms with Gasteiger partial charge >= 0.3 is 12.2 Å². The third kappa shape index (κ3) is 5.74. The van der Waals surface area contributed by atoms with E-state index >= 15 is 0 Å². The summed E-state index contributed by atoms with van der Waals surface area (Å²) in [6.07, 6.45) is -4.57. The third-order valence-electron chi connectivity index (χ3n) is 5.01. The Morgan fingerprint density at radius 3 is 2.28 bits per heavy atom. The Morgan fingerprint density at radius 2 is 1.58 bits per heavy atom. The van der Waals surface area contributed by atoms with Crippen LogP contribution in [0.25, 0.3) is 10.9 Å². The van der Waals surface area contributed by atoms with Gasteiger partial charge in [0.15, 0.2) is 0 Å². The van der Waals surface area contributed by atoms with Crippen molar-refractivity contribution in [3.05, 3.63) is 88.5 Å². The summed E-state index contributed by atoms with van der Waals surface area (Å²) >= 11 is 2.86. The number of nitrogens with zero attached hydrogens (tertiary/aromatic N) is 1. The molecule has 3 N–H and O–H groups in total. The molecule has 1 heterocycles. The van der Waals surface area contributed by atoms with Crippen molar-refractivity contribution in [1.29, 1.82) is 0 Å². The largest absolute Gasteiger partial charge is 0.457 e. The van der Waals surface area contributed by atoms with Crippen molar-refractivity contribution >= 4 is 50.1 Å². The van der Waals surface area contributed by atoms with Crippen LogP contribution in [0.3, 0.4) is 0 Å². The molecule has 0 unspecified atom stereocenters. The molecule has 0 aliphatic carbocycles. The minimum Gasteiger partial charge on any atom is -0.457 e. The Bertz CT molecular complexity index is 1440. The summed E-state index contributed by atoms with van der Waals surface area (Å²) in [4.78, 5) is 28.7. The van der Waals surface area contributed by atoms with E-state index in [1.165, 1.54) is 25.2 Å². The second-order valence-electron chi connectivity index (χ2n) is 7.50. The SMILES string of the molecule is CNC(=O)c1cc(Oc2ccc(NC(=O)Nc3ccc(Br)c(C(F)(F)F)c3)cc2)c2ccccc2n1. The molecule has 3 aromatic carbocycles. The number of alkyl halides is 3. The van der Waals surface area contributed by atoms with Crippen LogP contribution in [0, 0.1) is 0 Å². The molecule has 36 heavy (non-hydrogen) atoms. The Labute approximate surface area is 211 Å². The lowest BCUT2D eigenvalue weighted by Gasteiger charge is -2.13. The molecule has 4 rings (SSSR count). The van der Waals surface area contributed by atoms with Crippen LogP contribution in [0.15, 0.2) is 77.3 Å². The van der Waals surface area contributed by atoms with Crippen molar-refractivity contribution in [3.8, 4) is 11.5 Å². The molecule has 0 aliphatic heterocycles. The van der Waals surface area contributed by atoms with Crippen LogP contribution in [-0.4, -0.2) is 24.0 Å². The second kappa shape index (κ2) is 10.2. The van der Waals surface area contributed by atoms with Gasteiger partial charge < -0.3 is 20.7 Å². The highest BCUT2D eigenvalue weighted by Crippen LogP contribution is 2.36. The van der Waals surface area contributed by atoms with E-state index in [9.17, 15) is 22.8 Å². The molecule has 0 spiro atoms. The molecule has 0 atom stereocenters. The van der Waals surface area contributed by atoms with Crippen molar-refractivity contribution in [3.63, 3.8) is 0 Å². The van der Waals surface area contributed by atoms with Crippen LogP contribution in [0.2, 0.25) is 0 Å². The molecule has 0 saturated carbocycles. The van der Waals surface area contributed by atoms with Gasteiger partial charge in [-0.3, -0.25) is 4.79 Å². The Kier molecular flexibility index (Phi) is 7.11. The molecule has 0 saturated heterocycles. The predicted molar refractivity (Wildman–Crippen MR) is 133 cm³/mol. The highest BCUT2D eigenvalue weighted by molar-refractivity contribution is 9.10. The molecule has 3 amide bonds. The molecule has 0 aliphatic rings. The fourth-order valence-electron chi connectivity index (χ4n) is 3.32. The summed E-state index contributed by atoms with van der Waals surface area (Å²) < 4.78 is 45.1. The molecular formula is C25H18BrF3N4O3. The fourth-order valence-corrected chi connectivity index (χ4v) is 3.79. The zero-order valence-corrected chi connectivity index (χ0v) is 20.2. The maximum absolute atomic E-state index is 13.1. The summed E-state index contributed by atoms with van der Waals surface area (Å²) in [5, 5.41) is 8.17. The van der Waals surface area contributed by atoms with Crippen LogP contribution in [0.1, 0.15) is 16.1 Å². The maximum Gasteiger partial charge on any atom is 0.417 e. The van der Waals surface area contributed by atoms with Gasteiger partial charge in [-0.2, -0.15) is 13.2 Å². The first-order valence-electron chi connectivity index (χ1n) is 10.5. The number of nitrogens with one attached hydrogen (secondary N) is 3. The first-order chi connectivity index (χ1) is 17.1. The van der Waals surface area contributed by atoms with E-state index in [-0.39, 0.29) is 21.8 Å². The van der Waals surface area contributed by atoms with E-state index in [1.807, 2.05) is 12.1 Å². The van der Waals surface area contributed by atoms with Crippen LogP contribution in [-0.2, 0) is 6.18 Å². The Balaban J connectivity index is 1.47. The molecule has 7 nitrogen and oxygen atoms in total. The lowest BCUT2D eigenvalue weighted by atomic mass is 10.1. The van der Waals surface area contributed by atoms with Crippen molar-refractivity contribution < 1.29 is 27.5 Å². The van der Waals surface area contributed by atoms with Gasteiger partial charge in [0.25, 0.3) is 5.91 Å². The maximum atomic E-state index is 13.1. The van der Waals surface area contributed by atoms with Gasteiger partial charge in [-0.25, -0.2) is 9.78 Å². The molecule has 11 heteroatoms. The van der Waals surface area contributed by atoms with Gasteiger partial charge in [-0.15, -0.1) is 0 Å². The summed E-state index contributed by atoms with van der Waals surface area (Å²) in [7, 11) is 1.51. The van der Waals surface area contributed by atoms with Crippen LogP contribution >= 0.6 is 15.9 Å². The van der Waals surface area contributed by atoms with E-state index in [2.05, 4.69) is 36.9 Å². The summed E-state index contributed by atoms with van der Waals surface area (Å²) in [6, 6.07) is 17.8. The van der Waals surface area contributed by atoms with E-state index in [1.54, 1.807) is 36.4 Å². The number of aromatic nitrogens is 1. The van der Waals surface area contributed by atoms with Gasteiger partial charge in [0, 0.05) is 34.3 Å². The number of rotatable bonds is 5. The number of fused-ring (bicyclic) bond motifs is 1. The Hall–Kier alpha value is -4.12. The third-order valence-corrected chi connectivity index (χ3v) is 5.70. The quantitative estimate of drug-likeness (QED) is 0.251. The number of pyridine rings is 1. The molecule has 0 fully saturated rings. The Morgan fingerprint density at radius 1 is 0.917 bits per heavy atom. The average Bonchev–Trinajstić information content (AvgIpc) is 2.85. The number of carbonyl (C=O) groups excluding carboxylic acids is 2. The van der Waals surface area contributed by atoms with E-state index < -0.39 is 17.8 Å². The van der Waals surface area contributed by atoms with Gasteiger partial charge in [0.1, 0.15) is 17.2 Å².